The van der Waals surface area contributed by atoms with Gasteiger partial charge < -0.3 is 10.4 Å². The Morgan fingerprint density at radius 3 is 2.68 bits per heavy atom. The molecule has 1 aliphatic carbocycles. The number of thioether (sulfide) groups is 1. The van der Waals surface area contributed by atoms with Crippen LogP contribution in [0.15, 0.2) is 23.4 Å². The highest BCUT2D eigenvalue weighted by Gasteiger charge is 2.29. The standard InChI is InChI=1S/C15H20F2N2O2S/c16-14(17)22-13-11(6-5-9-18-13)12(20)19-10-15(21)7-3-1-2-4-8-15/h5-6,9,14,21H,1-4,7-8,10H2,(H,19,20). The predicted molar refractivity (Wildman–Crippen MR) is 81.1 cm³/mol. The van der Waals surface area contributed by atoms with Crippen LogP contribution in [0, 0.1) is 0 Å². The molecule has 1 amide bonds. The van der Waals surface area contributed by atoms with Crippen molar-refractivity contribution in [2.45, 2.75) is 54.9 Å². The van der Waals surface area contributed by atoms with Crippen LogP contribution >= 0.6 is 11.8 Å². The number of carbonyl (C=O) groups is 1. The molecular weight excluding hydrogens is 310 g/mol. The van der Waals surface area contributed by atoms with E-state index in [-0.39, 0.29) is 28.9 Å². The molecule has 1 aromatic rings. The Labute approximate surface area is 132 Å². The van der Waals surface area contributed by atoms with Crippen molar-refractivity contribution in [3.63, 3.8) is 0 Å². The number of nitrogens with zero attached hydrogens (tertiary/aromatic N) is 1. The molecule has 122 valence electrons. The number of nitrogens with one attached hydrogen (secondary N) is 1. The van der Waals surface area contributed by atoms with Gasteiger partial charge >= 0.3 is 0 Å². The van der Waals surface area contributed by atoms with Gasteiger partial charge in [0.1, 0.15) is 5.03 Å². The molecule has 4 nitrogen and oxygen atoms in total. The Kier molecular flexibility index (Phi) is 6.14. The second-order valence-corrected chi connectivity index (χ2v) is 6.53. The molecule has 2 rings (SSSR count). The minimum absolute atomic E-state index is 0.00264. The highest BCUT2D eigenvalue weighted by molar-refractivity contribution is 7.99. The third-order valence-electron chi connectivity index (χ3n) is 3.83. The topological polar surface area (TPSA) is 62.2 Å². The summed E-state index contributed by atoms with van der Waals surface area (Å²) in [6.45, 7) is 0.138. The summed E-state index contributed by atoms with van der Waals surface area (Å²) in [5.74, 6) is -3.11. The lowest BCUT2D eigenvalue weighted by Crippen LogP contribution is -2.42. The number of halogens is 2. The second kappa shape index (κ2) is 7.87. The van der Waals surface area contributed by atoms with Crippen molar-refractivity contribution in [2.24, 2.45) is 0 Å². The van der Waals surface area contributed by atoms with Gasteiger partial charge in [-0.15, -0.1) is 0 Å². The van der Waals surface area contributed by atoms with Gasteiger partial charge in [0.05, 0.1) is 11.2 Å². The number of pyridine rings is 1. The van der Waals surface area contributed by atoms with E-state index in [0.717, 1.165) is 25.7 Å². The SMILES string of the molecule is O=C(NCC1(O)CCCCCC1)c1cccnc1SC(F)F. The summed E-state index contributed by atoms with van der Waals surface area (Å²) in [7, 11) is 0. The first-order valence-electron chi connectivity index (χ1n) is 7.41. The minimum atomic E-state index is -2.63. The molecule has 2 N–H and O–H groups in total. The highest BCUT2D eigenvalue weighted by atomic mass is 32.2. The van der Waals surface area contributed by atoms with E-state index in [4.69, 9.17) is 0 Å². The monoisotopic (exact) mass is 330 g/mol. The smallest absolute Gasteiger partial charge is 0.290 e. The molecule has 1 aromatic heterocycles. The van der Waals surface area contributed by atoms with Gasteiger partial charge in [-0.25, -0.2) is 4.98 Å². The van der Waals surface area contributed by atoms with Crippen LogP contribution < -0.4 is 5.32 Å². The molecule has 0 atom stereocenters. The highest BCUT2D eigenvalue weighted by Crippen LogP contribution is 2.28. The number of amides is 1. The summed E-state index contributed by atoms with van der Waals surface area (Å²) in [4.78, 5) is 16.0. The van der Waals surface area contributed by atoms with Crippen molar-refractivity contribution < 1.29 is 18.7 Å². The minimum Gasteiger partial charge on any atom is -0.388 e. The molecule has 0 saturated heterocycles. The Bertz CT molecular complexity index is 506. The Morgan fingerprint density at radius 2 is 2.05 bits per heavy atom. The normalized spacial score (nSPS) is 18.0. The number of rotatable bonds is 5. The lowest BCUT2D eigenvalue weighted by Gasteiger charge is -2.26. The molecular formula is C15H20F2N2O2S. The van der Waals surface area contributed by atoms with E-state index >= 15 is 0 Å². The van der Waals surface area contributed by atoms with Gasteiger partial charge in [0.25, 0.3) is 11.7 Å². The largest absolute Gasteiger partial charge is 0.388 e. The zero-order valence-corrected chi connectivity index (χ0v) is 13.0. The molecule has 1 heterocycles. The fourth-order valence-corrected chi connectivity index (χ4v) is 3.22. The quantitative estimate of drug-likeness (QED) is 0.643. The maximum atomic E-state index is 12.5. The van der Waals surface area contributed by atoms with Crippen LogP contribution in [0.5, 0.6) is 0 Å². The van der Waals surface area contributed by atoms with Crippen LogP contribution in [0.25, 0.3) is 0 Å². The van der Waals surface area contributed by atoms with Crippen LogP contribution in [0.2, 0.25) is 0 Å². The van der Waals surface area contributed by atoms with Crippen molar-refractivity contribution >= 4 is 17.7 Å². The third kappa shape index (κ3) is 4.91. The van der Waals surface area contributed by atoms with Crippen LogP contribution in [0.4, 0.5) is 8.78 Å². The second-order valence-electron chi connectivity index (χ2n) is 5.56. The summed E-state index contributed by atoms with van der Waals surface area (Å²) in [5, 5.41) is 13.2. The lowest BCUT2D eigenvalue weighted by molar-refractivity contribution is 0.0246. The van der Waals surface area contributed by atoms with Gasteiger partial charge in [0.15, 0.2) is 0 Å². The number of aliphatic hydroxyl groups is 1. The molecule has 0 unspecified atom stereocenters. The van der Waals surface area contributed by atoms with Crippen molar-refractivity contribution in [1.82, 2.24) is 10.3 Å². The fraction of sp³-hybridized carbons (Fsp3) is 0.600. The van der Waals surface area contributed by atoms with Gasteiger partial charge in [0, 0.05) is 12.7 Å². The van der Waals surface area contributed by atoms with E-state index < -0.39 is 17.3 Å². The van der Waals surface area contributed by atoms with Gasteiger partial charge in [-0.1, -0.05) is 25.7 Å². The average molecular weight is 330 g/mol. The van der Waals surface area contributed by atoms with Crippen molar-refractivity contribution in [3.8, 4) is 0 Å². The Hall–Kier alpha value is -1.21. The Morgan fingerprint density at radius 1 is 1.36 bits per heavy atom. The molecule has 1 aliphatic rings. The number of alkyl halides is 2. The summed E-state index contributed by atoms with van der Waals surface area (Å²) in [6.07, 6.45) is 6.73. The van der Waals surface area contributed by atoms with E-state index in [1.54, 1.807) is 0 Å². The van der Waals surface area contributed by atoms with Crippen LogP contribution in [-0.2, 0) is 0 Å². The summed E-state index contributed by atoms with van der Waals surface area (Å²) in [6, 6.07) is 3.00. The van der Waals surface area contributed by atoms with Crippen molar-refractivity contribution in [2.75, 3.05) is 6.54 Å². The first-order chi connectivity index (χ1) is 10.5. The maximum Gasteiger partial charge on any atom is 0.290 e. The van der Waals surface area contributed by atoms with Crippen LogP contribution in [0.3, 0.4) is 0 Å². The molecule has 1 fully saturated rings. The Balaban J connectivity index is 2.00. The van der Waals surface area contributed by atoms with Gasteiger partial charge in [0.2, 0.25) is 0 Å². The zero-order valence-electron chi connectivity index (χ0n) is 12.2. The van der Waals surface area contributed by atoms with E-state index in [1.165, 1.54) is 18.3 Å². The summed E-state index contributed by atoms with van der Waals surface area (Å²) < 4.78 is 25.0. The first kappa shape index (κ1) is 17.1. The van der Waals surface area contributed by atoms with Crippen molar-refractivity contribution in [1.29, 1.82) is 0 Å². The van der Waals surface area contributed by atoms with Crippen LogP contribution in [-0.4, -0.2) is 33.9 Å². The molecule has 0 radical (unpaired) electrons. The van der Waals surface area contributed by atoms with Crippen LogP contribution in [0.1, 0.15) is 48.9 Å². The van der Waals surface area contributed by atoms with Gasteiger partial charge in [-0.2, -0.15) is 8.78 Å². The fourth-order valence-electron chi connectivity index (χ4n) is 2.65. The van der Waals surface area contributed by atoms with Gasteiger partial charge in [-0.05, 0) is 36.7 Å². The molecule has 0 bridgehead atoms. The van der Waals surface area contributed by atoms with Crippen molar-refractivity contribution in [3.05, 3.63) is 23.9 Å². The maximum absolute atomic E-state index is 12.5. The summed E-state index contributed by atoms with van der Waals surface area (Å²) >= 11 is 0.249. The first-order valence-corrected chi connectivity index (χ1v) is 8.29. The molecule has 0 aromatic carbocycles. The summed E-state index contributed by atoms with van der Waals surface area (Å²) in [5.41, 5.74) is -0.783. The van der Waals surface area contributed by atoms with E-state index in [0.29, 0.717) is 12.8 Å². The molecule has 7 heteroatoms. The number of hydrogen-bond donors (Lipinski definition) is 2. The van der Waals surface area contributed by atoms with E-state index in [9.17, 15) is 18.7 Å². The number of hydrogen-bond acceptors (Lipinski definition) is 4. The third-order valence-corrected chi connectivity index (χ3v) is 4.56. The predicted octanol–water partition coefficient (Wildman–Crippen LogP) is 3.21. The molecule has 0 spiro atoms. The van der Waals surface area contributed by atoms with Gasteiger partial charge in [-0.3, -0.25) is 4.79 Å². The average Bonchev–Trinajstić information content (AvgIpc) is 2.70. The molecule has 1 saturated carbocycles. The molecule has 0 aliphatic heterocycles. The lowest BCUT2D eigenvalue weighted by atomic mass is 9.94. The molecule has 22 heavy (non-hydrogen) atoms. The number of carbonyl (C=O) groups excluding carboxylic acids is 1. The van der Waals surface area contributed by atoms with E-state index in [1.807, 2.05) is 0 Å². The number of aromatic nitrogens is 1. The van der Waals surface area contributed by atoms with E-state index in [2.05, 4.69) is 10.3 Å². The zero-order chi connectivity index (χ0) is 16.0.